The van der Waals surface area contributed by atoms with Crippen molar-refractivity contribution in [3.05, 3.63) is 40.8 Å². The highest BCUT2D eigenvalue weighted by molar-refractivity contribution is 5.90. The maximum absolute atomic E-state index is 12.0. The predicted molar refractivity (Wildman–Crippen MR) is 80.5 cm³/mol. The van der Waals surface area contributed by atoms with Gasteiger partial charge in [0, 0.05) is 6.61 Å². The SMILES string of the molecule is Cc1ccc(CC(=O)Nc2nnc(C3CCCO3)o2)cc1C. The quantitative estimate of drug-likeness (QED) is 0.939. The first-order chi connectivity index (χ1) is 10.6. The van der Waals surface area contributed by atoms with Gasteiger partial charge in [0.2, 0.25) is 11.8 Å². The van der Waals surface area contributed by atoms with E-state index < -0.39 is 0 Å². The summed E-state index contributed by atoms with van der Waals surface area (Å²) >= 11 is 0. The highest BCUT2D eigenvalue weighted by Crippen LogP contribution is 2.28. The van der Waals surface area contributed by atoms with Crippen LogP contribution in [0.2, 0.25) is 0 Å². The molecule has 1 unspecified atom stereocenters. The number of nitrogens with one attached hydrogen (secondary N) is 1. The first-order valence-corrected chi connectivity index (χ1v) is 7.43. The van der Waals surface area contributed by atoms with E-state index in [1.165, 1.54) is 11.1 Å². The van der Waals surface area contributed by atoms with E-state index >= 15 is 0 Å². The summed E-state index contributed by atoms with van der Waals surface area (Å²) in [4.78, 5) is 12.0. The fraction of sp³-hybridized carbons (Fsp3) is 0.438. The van der Waals surface area contributed by atoms with Gasteiger partial charge in [0.25, 0.3) is 0 Å². The molecule has 0 spiro atoms. The van der Waals surface area contributed by atoms with E-state index in [2.05, 4.69) is 15.5 Å². The molecule has 1 amide bonds. The minimum atomic E-state index is -0.175. The van der Waals surface area contributed by atoms with E-state index in [0.717, 1.165) is 18.4 Å². The summed E-state index contributed by atoms with van der Waals surface area (Å²) in [7, 11) is 0. The van der Waals surface area contributed by atoms with Gasteiger partial charge in [-0.3, -0.25) is 10.1 Å². The van der Waals surface area contributed by atoms with Gasteiger partial charge in [-0.25, -0.2) is 0 Å². The molecule has 22 heavy (non-hydrogen) atoms. The van der Waals surface area contributed by atoms with Gasteiger partial charge in [-0.15, -0.1) is 5.10 Å². The summed E-state index contributed by atoms with van der Waals surface area (Å²) in [5.74, 6) is 0.254. The molecule has 0 bridgehead atoms. The molecule has 1 N–H and O–H groups in total. The number of amides is 1. The predicted octanol–water partition coefficient (Wildman–Crippen LogP) is 2.72. The van der Waals surface area contributed by atoms with Crippen LogP contribution in [0.3, 0.4) is 0 Å². The van der Waals surface area contributed by atoms with Crippen LogP contribution in [0.1, 0.15) is 41.5 Å². The van der Waals surface area contributed by atoms with Crippen LogP contribution in [0.15, 0.2) is 22.6 Å². The molecule has 6 heteroatoms. The maximum Gasteiger partial charge on any atom is 0.322 e. The Balaban J connectivity index is 1.60. The van der Waals surface area contributed by atoms with E-state index in [9.17, 15) is 4.79 Å². The Labute approximate surface area is 128 Å². The van der Waals surface area contributed by atoms with E-state index in [1.807, 2.05) is 32.0 Å². The molecular weight excluding hydrogens is 282 g/mol. The van der Waals surface area contributed by atoms with E-state index in [1.54, 1.807) is 0 Å². The van der Waals surface area contributed by atoms with Crippen LogP contribution < -0.4 is 5.32 Å². The summed E-state index contributed by atoms with van der Waals surface area (Å²) in [5.41, 5.74) is 3.34. The fourth-order valence-electron chi connectivity index (χ4n) is 2.45. The van der Waals surface area contributed by atoms with E-state index in [0.29, 0.717) is 12.5 Å². The molecule has 1 atom stereocenters. The zero-order chi connectivity index (χ0) is 15.5. The van der Waals surface area contributed by atoms with E-state index in [-0.39, 0.29) is 24.4 Å². The molecule has 1 saturated heterocycles. The van der Waals surface area contributed by atoms with Gasteiger partial charge in [0.1, 0.15) is 6.10 Å². The maximum atomic E-state index is 12.0. The number of ether oxygens (including phenoxy) is 1. The lowest BCUT2D eigenvalue weighted by Crippen LogP contribution is -2.14. The van der Waals surface area contributed by atoms with Gasteiger partial charge in [-0.2, -0.15) is 0 Å². The molecule has 2 aromatic rings. The van der Waals surface area contributed by atoms with Crippen molar-refractivity contribution in [2.24, 2.45) is 0 Å². The molecule has 0 aliphatic carbocycles. The number of hydrogen-bond donors (Lipinski definition) is 1. The number of aromatic nitrogens is 2. The van der Waals surface area contributed by atoms with Crippen LogP contribution in [0, 0.1) is 13.8 Å². The number of aryl methyl sites for hydroxylation is 2. The minimum Gasteiger partial charge on any atom is -0.405 e. The number of hydrogen-bond acceptors (Lipinski definition) is 5. The average Bonchev–Trinajstić information content (AvgIpc) is 3.13. The van der Waals surface area contributed by atoms with Gasteiger partial charge >= 0.3 is 6.01 Å². The Morgan fingerprint density at radius 3 is 2.91 bits per heavy atom. The zero-order valence-electron chi connectivity index (χ0n) is 12.8. The Hall–Kier alpha value is -2.21. The Bertz CT molecular complexity index is 675. The fourth-order valence-corrected chi connectivity index (χ4v) is 2.45. The van der Waals surface area contributed by atoms with Crippen molar-refractivity contribution in [3.63, 3.8) is 0 Å². The minimum absolute atomic E-state index is 0.124. The zero-order valence-corrected chi connectivity index (χ0v) is 12.8. The van der Waals surface area contributed by atoms with Crippen molar-refractivity contribution in [2.75, 3.05) is 11.9 Å². The Morgan fingerprint density at radius 1 is 1.32 bits per heavy atom. The van der Waals surface area contributed by atoms with Crippen LogP contribution in [0.4, 0.5) is 6.01 Å². The molecule has 3 rings (SSSR count). The first-order valence-electron chi connectivity index (χ1n) is 7.43. The summed E-state index contributed by atoms with van der Waals surface area (Å²) < 4.78 is 10.9. The first kappa shape index (κ1) is 14.7. The van der Waals surface area contributed by atoms with Crippen LogP contribution in [0.25, 0.3) is 0 Å². The summed E-state index contributed by atoms with van der Waals surface area (Å²) in [6, 6.07) is 6.10. The lowest BCUT2D eigenvalue weighted by Gasteiger charge is -2.05. The van der Waals surface area contributed by atoms with Crippen LogP contribution >= 0.6 is 0 Å². The van der Waals surface area contributed by atoms with Crippen LogP contribution in [-0.4, -0.2) is 22.7 Å². The lowest BCUT2D eigenvalue weighted by molar-refractivity contribution is -0.115. The van der Waals surface area contributed by atoms with Crippen LogP contribution in [0.5, 0.6) is 0 Å². The molecule has 1 aliphatic heterocycles. The van der Waals surface area contributed by atoms with Crippen molar-refractivity contribution in [3.8, 4) is 0 Å². The number of anilines is 1. The Kier molecular flexibility index (Phi) is 4.20. The topological polar surface area (TPSA) is 77.2 Å². The van der Waals surface area contributed by atoms with Crippen molar-refractivity contribution in [1.29, 1.82) is 0 Å². The third-order valence-electron chi connectivity index (χ3n) is 3.83. The van der Waals surface area contributed by atoms with Crippen molar-refractivity contribution in [2.45, 2.75) is 39.2 Å². The number of carbonyl (C=O) groups excluding carboxylic acids is 1. The summed E-state index contributed by atoms with van der Waals surface area (Å²) in [5, 5.41) is 10.4. The average molecular weight is 301 g/mol. The monoisotopic (exact) mass is 301 g/mol. The standard InChI is InChI=1S/C16H19N3O3/c1-10-5-6-12(8-11(10)2)9-14(20)17-16-19-18-15(22-16)13-4-3-7-21-13/h5-6,8,13H,3-4,7,9H2,1-2H3,(H,17,19,20). The third-order valence-corrected chi connectivity index (χ3v) is 3.83. The highest BCUT2D eigenvalue weighted by atomic mass is 16.5. The number of carbonyl (C=O) groups is 1. The van der Waals surface area contributed by atoms with Crippen LogP contribution in [-0.2, 0) is 16.0 Å². The van der Waals surface area contributed by atoms with Crippen molar-refractivity contribution in [1.82, 2.24) is 10.2 Å². The summed E-state index contributed by atoms with van der Waals surface area (Å²) in [6.45, 7) is 4.79. The number of nitrogens with zero attached hydrogens (tertiary/aromatic N) is 2. The smallest absolute Gasteiger partial charge is 0.322 e. The molecule has 1 aromatic heterocycles. The highest BCUT2D eigenvalue weighted by Gasteiger charge is 2.24. The third kappa shape index (κ3) is 3.33. The largest absolute Gasteiger partial charge is 0.405 e. The molecular formula is C16H19N3O3. The second-order valence-corrected chi connectivity index (χ2v) is 5.59. The van der Waals surface area contributed by atoms with E-state index in [4.69, 9.17) is 9.15 Å². The molecule has 0 saturated carbocycles. The second-order valence-electron chi connectivity index (χ2n) is 5.59. The molecule has 116 valence electrons. The second kappa shape index (κ2) is 6.27. The molecule has 1 aliphatic rings. The summed E-state index contributed by atoms with van der Waals surface area (Å²) in [6.07, 6.45) is 2.00. The van der Waals surface area contributed by atoms with Gasteiger partial charge in [-0.05, 0) is 43.4 Å². The number of benzene rings is 1. The van der Waals surface area contributed by atoms with Crippen molar-refractivity contribution < 1.29 is 13.9 Å². The van der Waals surface area contributed by atoms with Gasteiger partial charge in [-0.1, -0.05) is 23.3 Å². The number of rotatable bonds is 4. The van der Waals surface area contributed by atoms with Gasteiger partial charge < -0.3 is 9.15 Å². The van der Waals surface area contributed by atoms with Gasteiger partial charge in [0.15, 0.2) is 0 Å². The Morgan fingerprint density at radius 2 is 2.18 bits per heavy atom. The van der Waals surface area contributed by atoms with Crippen molar-refractivity contribution >= 4 is 11.9 Å². The molecule has 1 aromatic carbocycles. The normalized spacial score (nSPS) is 17.6. The lowest BCUT2D eigenvalue weighted by atomic mass is 10.0. The van der Waals surface area contributed by atoms with Gasteiger partial charge in [0.05, 0.1) is 6.42 Å². The molecule has 2 heterocycles. The molecule has 6 nitrogen and oxygen atoms in total. The molecule has 1 fully saturated rings. The molecule has 0 radical (unpaired) electrons.